The van der Waals surface area contributed by atoms with Crippen molar-refractivity contribution < 1.29 is 4.39 Å². The number of rotatable bonds is 4. The van der Waals surface area contributed by atoms with Crippen molar-refractivity contribution >= 4 is 35.6 Å². The van der Waals surface area contributed by atoms with E-state index in [-0.39, 0.29) is 29.8 Å². The number of likely N-dealkylation sites (tertiary alicyclic amines) is 1. The summed E-state index contributed by atoms with van der Waals surface area (Å²) in [4.78, 5) is 11.5. The van der Waals surface area contributed by atoms with Gasteiger partial charge in [-0.25, -0.2) is 4.39 Å². The molecule has 0 bridgehead atoms. The van der Waals surface area contributed by atoms with Gasteiger partial charge < -0.3 is 20.4 Å². The fourth-order valence-electron chi connectivity index (χ4n) is 3.52. The molecule has 2 saturated heterocycles. The molecule has 0 amide bonds. The van der Waals surface area contributed by atoms with Crippen LogP contribution in [0, 0.1) is 11.7 Å². The molecule has 1 atom stereocenters. The molecule has 140 valence electrons. The van der Waals surface area contributed by atoms with Gasteiger partial charge in [0.05, 0.1) is 0 Å². The summed E-state index contributed by atoms with van der Waals surface area (Å²) in [5.41, 5.74) is 7.26. The van der Waals surface area contributed by atoms with Crippen molar-refractivity contribution in [3.63, 3.8) is 0 Å². The molecule has 0 radical (unpaired) electrons. The highest BCUT2D eigenvalue weighted by molar-refractivity contribution is 14.0. The Morgan fingerprint density at radius 1 is 1.16 bits per heavy atom. The molecule has 1 unspecified atom stereocenters. The van der Waals surface area contributed by atoms with E-state index in [2.05, 4.69) is 26.6 Å². The first-order valence-corrected chi connectivity index (χ1v) is 8.93. The fraction of sp³-hybridized carbons (Fsp3) is 0.611. The molecule has 1 aromatic rings. The van der Waals surface area contributed by atoms with Crippen molar-refractivity contribution in [2.75, 3.05) is 57.3 Å². The third kappa shape index (κ3) is 5.44. The zero-order chi connectivity index (χ0) is 16.9. The van der Waals surface area contributed by atoms with Crippen LogP contribution in [0.1, 0.15) is 13.3 Å². The number of hydrogen-bond donors (Lipinski definition) is 1. The molecule has 3 rings (SSSR count). The Bertz CT molecular complexity index is 557. The van der Waals surface area contributed by atoms with Crippen molar-refractivity contribution in [3.05, 3.63) is 30.1 Å². The summed E-state index contributed by atoms with van der Waals surface area (Å²) in [5.74, 6) is 1.12. The molecule has 7 heteroatoms. The zero-order valence-electron chi connectivity index (χ0n) is 14.9. The molecule has 0 saturated carbocycles. The lowest BCUT2D eigenvalue weighted by atomic mass is 10.1. The SMILES string of the molecule is CCN1CCC(CN=C(N)N2CCN(c3ccc(F)cc3)CC2)C1.I. The van der Waals surface area contributed by atoms with Crippen molar-refractivity contribution in [1.82, 2.24) is 9.80 Å². The van der Waals surface area contributed by atoms with E-state index in [1.54, 1.807) is 0 Å². The maximum atomic E-state index is 13.0. The smallest absolute Gasteiger partial charge is 0.191 e. The quantitative estimate of drug-likeness (QED) is 0.425. The lowest BCUT2D eigenvalue weighted by Crippen LogP contribution is -2.51. The molecular weight excluding hydrogens is 432 g/mol. The first-order chi connectivity index (χ1) is 11.7. The highest BCUT2D eigenvalue weighted by Gasteiger charge is 2.22. The van der Waals surface area contributed by atoms with E-state index in [1.807, 2.05) is 12.1 Å². The second kappa shape index (κ2) is 9.56. The number of guanidine groups is 1. The van der Waals surface area contributed by atoms with Gasteiger partial charge in [-0.1, -0.05) is 6.92 Å². The Balaban J connectivity index is 0.00000225. The molecule has 0 spiro atoms. The summed E-state index contributed by atoms with van der Waals surface area (Å²) in [7, 11) is 0. The number of benzene rings is 1. The van der Waals surface area contributed by atoms with Crippen LogP contribution in [0.5, 0.6) is 0 Å². The van der Waals surface area contributed by atoms with Crippen LogP contribution < -0.4 is 10.6 Å². The van der Waals surface area contributed by atoms with Crippen molar-refractivity contribution in [2.24, 2.45) is 16.6 Å². The number of hydrogen-bond acceptors (Lipinski definition) is 3. The maximum Gasteiger partial charge on any atom is 0.191 e. The Hall–Kier alpha value is -1.09. The van der Waals surface area contributed by atoms with Crippen LogP contribution >= 0.6 is 24.0 Å². The minimum Gasteiger partial charge on any atom is -0.370 e. The van der Waals surface area contributed by atoms with E-state index < -0.39 is 0 Å². The van der Waals surface area contributed by atoms with Gasteiger partial charge >= 0.3 is 0 Å². The highest BCUT2D eigenvalue weighted by Crippen LogP contribution is 2.18. The van der Waals surface area contributed by atoms with Gasteiger partial charge in [0.25, 0.3) is 0 Å². The first-order valence-electron chi connectivity index (χ1n) is 8.93. The van der Waals surface area contributed by atoms with Gasteiger partial charge in [-0.15, -0.1) is 24.0 Å². The average molecular weight is 461 g/mol. The van der Waals surface area contributed by atoms with Crippen LogP contribution in [0.2, 0.25) is 0 Å². The monoisotopic (exact) mass is 461 g/mol. The number of halogens is 2. The summed E-state index contributed by atoms with van der Waals surface area (Å²) in [6.45, 7) is 9.99. The predicted molar refractivity (Wildman–Crippen MR) is 112 cm³/mol. The minimum atomic E-state index is -0.192. The Morgan fingerprint density at radius 2 is 1.84 bits per heavy atom. The molecule has 2 N–H and O–H groups in total. The van der Waals surface area contributed by atoms with E-state index >= 15 is 0 Å². The van der Waals surface area contributed by atoms with Gasteiger partial charge in [-0.3, -0.25) is 4.99 Å². The highest BCUT2D eigenvalue weighted by atomic mass is 127. The molecule has 2 fully saturated rings. The summed E-state index contributed by atoms with van der Waals surface area (Å²) < 4.78 is 13.0. The molecule has 1 aromatic carbocycles. The van der Waals surface area contributed by atoms with Crippen LogP contribution in [0.4, 0.5) is 10.1 Å². The molecule has 0 aliphatic carbocycles. The summed E-state index contributed by atoms with van der Waals surface area (Å²) >= 11 is 0. The summed E-state index contributed by atoms with van der Waals surface area (Å²) in [5, 5.41) is 0. The standard InChI is InChI=1S/C18H28FN5.HI/c1-2-22-8-7-15(14-22)13-21-18(20)24-11-9-23(10-12-24)17-5-3-16(19)4-6-17;/h3-6,15H,2,7-14H2,1H3,(H2,20,21);1H. The van der Waals surface area contributed by atoms with E-state index in [0.717, 1.165) is 51.5 Å². The van der Waals surface area contributed by atoms with Gasteiger partial charge in [0.1, 0.15) is 5.82 Å². The van der Waals surface area contributed by atoms with E-state index in [9.17, 15) is 4.39 Å². The van der Waals surface area contributed by atoms with Gasteiger partial charge in [-0.2, -0.15) is 0 Å². The summed E-state index contributed by atoms with van der Waals surface area (Å²) in [6.07, 6.45) is 1.23. The molecule has 0 aromatic heterocycles. The first kappa shape index (κ1) is 20.2. The van der Waals surface area contributed by atoms with Crippen molar-refractivity contribution in [1.29, 1.82) is 0 Å². The molecular formula is C18H29FIN5. The normalized spacial score (nSPS) is 22.2. The lowest BCUT2D eigenvalue weighted by Gasteiger charge is -2.36. The van der Waals surface area contributed by atoms with E-state index in [4.69, 9.17) is 5.73 Å². The largest absolute Gasteiger partial charge is 0.370 e. The lowest BCUT2D eigenvalue weighted by molar-refractivity contribution is 0.342. The van der Waals surface area contributed by atoms with Crippen LogP contribution in [0.25, 0.3) is 0 Å². The maximum absolute atomic E-state index is 13.0. The number of nitrogens with zero attached hydrogens (tertiary/aromatic N) is 4. The molecule has 5 nitrogen and oxygen atoms in total. The fourth-order valence-corrected chi connectivity index (χ4v) is 3.52. The van der Waals surface area contributed by atoms with Crippen molar-refractivity contribution in [2.45, 2.75) is 13.3 Å². The Kier molecular flexibility index (Phi) is 7.74. The van der Waals surface area contributed by atoms with Crippen LogP contribution in [-0.4, -0.2) is 68.1 Å². The molecule has 2 aliphatic heterocycles. The summed E-state index contributed by atoms with van der Waals surface area (Å²) in [6, 6.07) is 6.70. The van der Waals surface area contributed by atoms with Crippen molar-refractivity contribution in [3.8, 4) is 0 Å². The predicted octanol–water partition coefficient (Wildman–Crippen LogP) is 2.22. The van der Waals surface area contributed by atoms with Crippen LogP contribution in [-0.2, 0) is 0 Å². The third-order valence-corrected chi connectivity index (χ3v) is 5.12. The average Bonchev–Trinajstić information content (AvgIpc) is 3.09. The van der Waals surface area contributed by atoms with Gasteiger partial charge in [-0.05, 0) is 49.7 Å². The van der Waals surface area contributed by atoms with Gasteiger partial charge in [0.15, 0.2) is 5.96 Å². The second-order valence-electron chi connectivity index (χ2n) is 6.70. The Labute approximate surface area is 167 Å². The third-order valence-electron chi connectivity index (χ3n) is 5.12. The van der Waals surface area contributed by atoms with Crippen LogP contribution in [0.15, 0.2) is 29.3 Å². The van der Waals surface area contributed by atoms with E-state index in [1.165, 1.54) is 25.1 Å². The van der Waals surface area contributed by atoms with Gasteiger partial charge in [0, 0.05) is 45.0 Å². The molecule has 2 aliphatic rings. The Morgan fingerprint density at radius 3 is 2.44 bits per heavy atom. The molecule has 2 heterocycles. The molecule has 25 heavy (non-hydrogen) atoms. The minimum absolute atomic E-state index is 0. The zero-order valence-corrected chi connectivity index (χ0v) is 17.2. The topological polar surface area (TPSA) is 48.1 Å². The second-order valence-corrected chi connectivity index (χ2v) is 6.70. The van der Waals surface area contributed by atoms with Crippen LogP contribution in [0.3, 0.4) is 0 Å². The number of anilines is 1. The number of piperazine rings is 1. The number of aliphatic imine (C=N–C) groups is 1. The number of nitrogens with two attached hydrogens (primary N) is 1. The van der Waals surface area contributed by atoms with E-state index in [0.29, 0.717) is 11.9 Å². The van der Waals surface area contributed by atoms with Gasteiger partial charge in [0.2, 0.25) is 0 Å².